The van der Waals surface area contributed by atoms with Gasteiger partial charge in [-0.3, -0.25) is 0 Å². The van der Waals surface area contributed by atoms with E-state index < -0.39 is 0 Å². The summed E-state index contributed by atoms with van der Waals surface area (Å²) in [5, 5.41) is 0. The standard InChI is InChI=1S/C53H37N/c1-6-16-38(17-7-1)45-30-46(39-18-8-2-9-19-39)33-49(32-45)50-34-47(40-20-10-3-11-21-40)31-48(35-50)41-26-28-42(29-27-41)51-36-52(43-22-12-4-13-23-43)54-53(37-51)44-24-14-5-15-25-44/h1-37H. The Bertz CT molecular complexity index is 2530. The van der Waals surface area contributed by atoms with Crippen molar-refractivity contribution in [2.75, 3.05) is 0 Å². The first-order chi connectivity index (χ1) is 26.7. The van der Waals surface area contributed by atoms with Crippen molar-refractivity contribution in [1.29, 1.82) is 0 Å². The molecule has 0 fully saturated rings. The van der Waals surface area contributed by atoms with Crippen LogP contribution in [0.3, 0.4) is 0 Å². The molecule has 9 aromatic rings. The second-order valence-corrected chi connectivity index (χ2v) is 13.6. The molecule has 0 aliphatic rings. The van der Waals surface area contributed by atoms with Gasteiger partial charge in [0, 0.05) is 11.1 Å². The minimum atomic E-state index is 0.962. The zero-order chi connectivity index (χ0) is 36.1. The van der Waals surface area contributed by atoms with Gasteiger partial charge in [-0.2, -0.15) is 0 Å². The summed E-state index contributed by atoms with van der Waals surface area (Å²) < 4.78 is 0. The maximum atomic E-state index is 5.09. The molecule has 0 aliphatic carbocycles. The Hall–Kier alpha value is -7.09. The highest BCUT2D eigenvalue weighted by Gasteiger charge is 2.13. The van der Waals surface area contributed by atoms with E-state index in [4.69, 9.17) is 4.98 Å². The van der Waals surface area contributed by atoms with Crippen LogP contribution in [0.2, 0.25) is 0 Å². The van der Waals surface area contributed by atoms with Gasteiger partial charge in [0.1, 0.15) is 0 Å². The van der Waals surface area contributed by atoms with Gasteiger partial charge in [-0.05, 0) is 115 Å². The third kappa shape index (κ3) is 7.04. The van der Waals surface area contributed by atoms with Crippen LogP contribution in [-0.2, 0) is 0 Å². The van der Waals surface area contributed by atoms with Gasteiger partial charge >= 0.3 is 0 Å². The first-order valence-electron chi connectivity index (χ1n) is 18.4. The van der Waals surface area contributed by atoms with E-state index in [0.717, 1.165) is 33.6 Å². The quantitative estimate of drug-likeness (QED) is 0.155. The zero-order valence-electron chi connectivity index (χ0n) is 29.8. The lowest BCUT2D eigenvalue weighted by Crippen LogP contribution is -1.91. The van der Waals surface area contributed by atoms with Crippen molar-refractivity contribution in [3.63, 3.8) is 0 Å². The lowest BCUT2D eigenvalue weighted by molar-refractivity contribution is 1.32. The smallest absolute Gasteiger partial charge is 0.0715 e. The maximum absolute atomic E-state index is 5.09. The molecular weight excluding hydrogens is 651 g/mol. The van der Waals surface area contributed by atoms with Gasteiger partial charge in [-0.1, -0.05) is 176 Å². The van der Waals surface area contributed by atoms with Crippen molar-refractivity contribution in [3.05, 3.63) is 224 Å². The lowest BCUT2D eigenvalue weighted by atomic mass is 9.89. The number of hydrogen-bond donors (Lipinski definition) is 0. The van der Waals surface area contributed by atoms with Crippen molar-refractivity contribution in [1.82, 2.24) is 4.98 Å². The average Bonchev–Trinajstić information content (AvgIpc) is 3.27. The van der Waals surface area contributed by atoms with Crippen LogP contribution in [-0.4, -0.2) is 4.98 Å². The van der Waals surface area contributed by atoms with Crippen molar-refractivity contribution in [3.8, 4) is 89.3 Å². The van der Waals surface area contributed by atoms with Crippen molar-refractivity contribution >= 4 is 0 Å². The molecule has 0 radical (unpaired) electrons. The Morgan fingerprint density at radius 1 is 0.167 bits per heavy atom. The van der Waals surface area contributed by atoms with Gasteiger partial charge in [-0.25, -0.2) is 4.98 Å². The number of hydrogen-bond acceptors (Lipinski definition) is 1. The Balaban J connectivity index is 1.16. The Morgan fingerprint density at radius 2 is 0.370 bits per heavy atom. The number of nitrogens with zero attached hydrogens (tertiary/aromatic N) is 1. The van der Waals surface area contributed by atoms with Crippen LogP contribution < -0.4 is 0 Å². The van der Waals surface area contributed by atoms with Crippen LogP contribution in [0.1, 0.15) is 0 Å². The summed E-state index contributed by atoms with van der Waals surface area (Å²) >= 11 is 0. The first-order valence-corrected chi connectivity index (χ1v) is 18.4. The van der Waals surface area contributed by atoms with Gasteiger partial charge in [0.25, 0.3) is 0 Å². The number of aromatic nitrogens is 1. The molecule has 0 amide bonds. The van der Waals surface area contributed by atoms with Crippen LogP contribution in [0, 0.1) is 0 Å². The fourth-order valence-electron chi connectivity index (χ4n) is 7.21. The largest absolute Gasteiger partial charge is 0.248 e. The van der Waals surface area contributed by atoms with Gasteiger partial charge in [0.2, 0.25) is 0 Å². The molecule has 0 saturated heterocycles. The molecule has 0 N–H and O–H groups in total. The summed E-state index contributed by atoms with van der Waals surface area (Å²) in [6.07, 6.45) is 0. The highest BCUT2D eigenvalue weighted by atomic mass is 14.7. The topological polar surface area (TPSA) is 12.9 Å². The highest BCUT2D eigenvalue weighted by molar-refractivity contribution is 5.87. The fourth-order valence-corrected chi connectivity index (χ4v) is 7.21. The summed E-state index contributed by atoms with van der Waals surface area (Å²) in [7, 11) is 0. The van der Waals surface area contributed by atoms with Crippen molar-refractivity contribution in [2.45, 2.75) is 0 Å². The van der Waals surface area contributed by atoms with E-state index in [1.54, 1.807) is 0 Å². The summed E-state index contributed by atoms with van der Waals surface area (Å²) in [5.41, 5.74) is 18.3. The van der Waals surface area contributed by atoms with E-state index in [1.807, 2.05) is 12.1 Å². The maximum Gasteiger partial charge on any atom is 0.0715 e. The lowest BCUT2D eigenvalue weighted by Gasteiger charge is -2.15. The molecule has 1 nitrogen and oxygen atoms in total. The Labute approximate surface area is 317 Å². The number of benzene rings is 8. The van der Waals surface area contributed by atoms with Crippen LogP contribution in [0.4, 0.5) is 0 Å². The summed E-state index contributed by atoms with van der Waals surface area (Å²) in [5.74, 6) is 0. The summed E-state index contributed by atoms with van der Waals surface area (Å²) in [6.45, 7) is 0. The zero-order valence-corrected chi connectivity index (χ0v) is 29.8. The third-order valence-corrected chi connectivity index (χ3v) is 10.0. The third-order valence-electron chi connectivity index (χ3n) is 10.0. The Morgan fingerprint density at radius 3 is 0.648 bits per heavy atom. The molecule has 1 heterocycles. The normalized spacial score (nSPS) is 11.0. The van der Waals surface area contributed by atoms with E-state index in [0.29, 0.717) is 0 Å². The van der Waals surface area contributed by atoms with Gasteiger partial charge in [0.15, 0.2) is 0 Å². The highest BCUT2D eigenvalue weighted by Crippen LogP contribution is 2.38. The minimum Gasteiger partial charge on any atom is -0.248 e. The van der Waals surface area contributed by atoms with Gasteiger partial charge in [0.05, 0.1) is 11.4 Å². The summed E-state index contributed by atoms with van der Waals surface area (Å²) in [4.78, 5) is 5.09. The van der Waals surface area contributed by atoms with E-state index in [9.17, 15) is 0 Å². The number of pyridine rings is 1. The second-order valence-electron chi connectivity index (χ2n) is 13.6. The monoisotopic (exact) mass is 687 g/mol. The minimum absolute atomic E-state index is 0.962. The predicted octanol–water partition coefficient (Wildman–Crippen LogP) is 14.4. The molecule has 1 aromatic heterocycles. The fraction of sp³-hybridized carbons (Fsp3) is 0. The van der Waals surface area contributed by atoms with Crippen LogP contribution in [0.15, 0.2) is 224 Å². The van der Waals surface area contributed by atoms with Crippen molar-refractivity contribution in [2.24, 2.45) is 0 Å². The molecule has 0 spiro atoms. The van der Waals surface area contributed by atoms with Gasteiger partial charge < -0.3 is 0 Å². The summed E-state index contributed by atoms with van der Waals surface area (Å²) in [6, 6.07) is 80.3. The second kappa shape index (κ2) is 14.9. The van der Waals surface area contributed by atoms with E-state index >= 15 is 0 Å². The molecule has 0 unspecified atom stereocenters. The van der Waals surface area contributed by atoms with E-state index in [1.165, 1.54) is 55.6 Å². The molecule has 0 bridgehead atoms. The first kappa shape index (κ1) is 32.8. The van der Waals surface area contributed by atoms with E-state index in [2.05, 4.69) is 212 Å². The molecular formula is C53H37N. The predicted molar refractivity (Wildman–Crippen MR) is 228 cm³/mol. The molecule has 8 aromatic carbocycles. The molecule has 254 valence electrons. The number of rotatable bonds is 8. The van der Waals surface area contributed by atoms with Crippen LogP contribution in [0.25, 0.3) is 89.3 Å². The van der Waals surface area contributed by atoms with Gasteiger partial charge in [-0.15, -0.1) is 0 Å². The average molecular weight is 688 g/mol. The molecule has 0 aliphatic heterocycles. The van der Waals surface area contributed by atoms with E-state index in [-0.39, 0.29) is 0 Å². The SMILES string of the molecule is c1ccc(-c2cc(-c3ccccc3)cc(-c3cc(-c4ccccc4)cc(-c4ccc(-c5cc(-c6ccccc6)nc(-c6ccccc6)c5)cc4)c3)c2)cc1. The molecule has 1 heteroatoms. The molecule has 54 heavy (non-hydrogen) atoms. The molecule has 0 saturated carbocycles. The molecule has 9 rings (SSSR count). The molecule has 0 atom stereocenters. The van der Waals surface area contributed by atoms with Crippen LogP contribution >= 0.6 is 0 Å². The van der Waals surface area contributed by atoms with Crippen molar-refractivity contribution < 1.29 is 0 Å². The Kier molecular flexibility index (Phi) is 9.03. The van der Waals surface area contributed by atoms with Crippen LogP contribution in [0.5, 0.6) is 0 Å².